The lowest BCUT2D eigenvalue weighted by atomic mass is 9.90. The van der Waals surface area contributed by atoms with Gasteiger partial charge < -0.3 is 15.4 Å². The van der Waals surface area contributed by atoms with Crippen molar-refractivity contribution >= 4 is 23.2 Å². The highest BCUT2D eigenvalue weighted by Gasteiger charge is 2.36. The Bertz CT molecular complexity index is 821. The van der Waals surface area contributed by atoms with Gasteiger partial charge in [0, 0.05) is 5.69 Å². The van der Waals surface area contributed by atoms with Crippen molar-refractivity contribution in [2.45, 2.75) is 13.8 Å². The van der Waals surface area contributed by atoms with Crippen molar-refractivity contribution in [1.29, 1.82) is 5.26 Å². The molecule has 0 radical (unpaired) electrons. The Morgan fingerprint density at radius 1 is 1.00 bits per heavy atom. The summed E-state index contributed by atoms with van der Waals surface area (Å²) in [5.41, 5.74) is 0.192. The number of nitrogens with zero attached hydrogens (tertiary/aromatic N) is 1. The fourth-order valence-electron chi connectivity index (χ4n) is 2.05. The molecule has 6 nitrogen and oxygen atoms in total. The molecule has 0 unspecified atom stereocenters. The second kappa shape index (κ2) is 7.49. The molecule has 0 fully saturated rings. The van der Waals surface area contributed by atoms with Crippen molar-refractivity contribution in [1.82, 2.24) is 0 Å². The van der Waals surface area contributed by atoms with E-state index in [1.54, 1.807) is 48.5 Å². The molecule has 0 saturated carbocycles. The summed E-state index contributed by atoms with van der Waals surface area (Å²) < 4.78 is 5.20. The van der Waals surface area contributed by atoms with Crippen LogP contribution in [0.15, 0.2) is 48.5 Å². The van der Waals surface area contributed by atoms with Crippen LogP contribution in [-0.2, 0) is 9.59 Å². The molecule has 25 heavy (non-hydrogen) atoms. The lowest BCUT2D eigenvalue weighted by Gasteiger charge is -2.23. The zero-order chi connectivity index (χ0) is 18.4. The summed E-state index contributed by atoms with van der Waals surface area (Å²) in [4.78, 5) is 25.1. The van der Waals surface area contributed by atoms with Crippen LogP contribution < -0.4 is 15.4 Å². The van der Waals surface area contributed by atoms with Gasteiger partial charge in [0.15, 0.2) is 0 Å². The molecule has 2 N–H and O–H groups in total. The molecule has 0 atom stereocenters. The summed E-state index contributed by atoms with van der Waals surface area (Å²) in [6, 6.07) is 15.4. The van der Waals surface area contributed by atoms with Crippen LogP contribution in [-0.4, -0.2) is 18.9 Å². The summed E-state index contributed by atoms with van der Waals surface area (Å²) in [7, 11) is 1.51. The van der Waals surface area contributed by atoms with E-state index in [1.807, 2.05) is 6.07 Å². The predicted molar refractivity (Wildman–Crippen MR) is 95.2 cm³/mol. The van der Waals surface area contributed by atoms with Gasteiger partial charge in [0.25, 0.3) is 0 Å². The number of carbonyl (C=O) groups excluding carboxylic acids is 2. The first-order valence-corrected chi connectivity index (χ1v) is 7.64. The molecular formula is C19H19N3O3. The quantitative estimate of drug-likeness (QED) is 0.820. The van der Waals surface area contributed by atoms with E-state index in [0.717, 1.165) is 0 Å². The van der Waals surface area contributed by atoms with Gasteiger partial charge in [0.2, 0.25) is 11.8 Å². The van der Waals surface area contributed by atoms with E-state index in [2.05, 4.69) is 10.6 Å². The fraction of sp³-hybridized carbons (Fsp3) is 0.211. The average molecular weight is 337 g/mol. The number of rotatable bonds is 5. The van der Waals surface area contributed by atoms with Gasteiger partial charge in [-0.15, -0.1) is 0 Å². The van der Waals surface area contributed by atoms with Gasteiger partial charge in [0.05, 0.1) is 24.4 Å². The van der Waals surface area contributed by atoms with Crippen LogP contribution in [0, 0.1) is 16.7 Å². The van der Waals surface area contributed by atoms with Crippen molar-refractivity contribution in [3.05, 3.63) is 54.1 Å². The van der Waals surface area contributed by atoms with Crippen molar-refractivity contribution in [2.75, 3.05) is 17.7 Å². The number of anilines is 2. The zero-order valence-electron chi connectivity index (χ0n) is 14.3. The van der Waals surface area contributed by atoms with E-state index >= 15 is 0 Å². The molecule has 0 bridgehead atoms. The Labute approximate surface area is 146 Å². The largest absolute Gasteiger partial charge is 0.495 e. The average Bonchev–Trinajstić information content (AvgIpc) is 2.62. The van der Waals surface area contributed by atoms with Crippen LogP contribution in [0.4, 0.5) is 11.4 Å². The Morgan fingerprint density at radius 3 is 2.20 bits per heavy atom. The van der Waals surface area contributed by atoms with E-state index in [9.17, 15) is 9.59 Å². The Morgan fingerprint density at radius 2 is 1.60 bits per heavy atom. The second-order valence-electron chi connectivity index (χ2n) is 5.92. The molecule has 0 spiro atoms. The van der Waals surface area contributed by atoms with Crippen molar-refractivity contribution in [3.8, 4) is 11.8 Å². The number of para-hydroxylation sites is 2. The maximum absolute atomic E-state index is 12.6. The molecule has 6 heteroatoms. The normalized spacial score (nSPS) is 10.5. The maximum Gasteiger partial charge on any atom is 0.239 e. The maximum atomic E-state index is 12.6. The number of hydrogen-bond donors (Lipinski definition) is 2. The molecule has 2 aromatic carbocycles. The molecule has 0 aliphatic heterocycles. The summed E-state index contributed by atoms with van der Waals surface area (Å²) >= 11 is 0. The highest BCUT2D eigenvalue weighted by Crippen LogP contribution is 2.27. The van der Waals surface area contributed by atoms with Crippen LogP contribution in [0.3, 0.4) is 0 Å². The van der Waals surface area contributed by atoms with E-state index < -0.39 is 17.2 Å². The summed E-state index contributed by atoms with van der Waals surface area (Å²) in [5.74, 6) is -0.396. The first kappa shape index (κ1) is 18.0. The number of hydrogen-bond acceptors (Lipinski definition) is 4. The molecule has 0 aliphatic rings. The number of ether oxygens (including phenoxy) is 1. The third-order valence-corrected chi connectivity index (χ3v) is 3.76. The van der Waals surface area contributed by atoms with Crippen LogP contribution in [0.1, 0.15) is 19.4 Å². The fourth-order valence-corrected chi connectivity index (χ4v) is 2.05. The second-order valence-corrected chi connectivity index (χ2v) is 5.92. The zero-order valence-corrected chi connectivity index (χ0v) is 14.3. The molecule has 2 rings (SSSR count). The van der Waals surface area contributed by atoms with Gasteiger partial charge in [-0.25, -0.2) is 0 Å². The predicted octanol–water partition coefficient (Wildman–Crippen LogP) is 3.17. The first-order valence-electron chi connectivity index (χ1n) is 7.64. The number of methoxy groups -OCH3 is 1. The number of nitriles is 1. The molecule has 2 amide bonds. The Hall–Kier alpha value is -3.33. The standard InChI is InChI=1S/C19H19N3O3/c1-19(2,17(23)21-14-10-8-13(12-20)9-11-14)18(24)22-15-6-4-5-7-16(15)25-3/h4-11H,1-3H3,(H,21,23)(H,22,24). The van der Waals surface area contributed by atoms with Gasteiger partial charge in [-0.05, 0) is 50.2 Å². The molecule has 128 valence electrons. The third kappa shape index (κ3) is 4.15. The SMILES string of the molecule is COc1ccccc1NC(=O)C(C)(C)C(=O)Nc1ccc(C#N)cc1. The number of nitrogens with one attached hydrogen (secondary N) is 2. The minimum atomic E-state index is -1.31. The lowest BCUT2D eigenvalue weighted by Crippen LogP contribution is -2.41. The molecular weight excluding hydrogens is 318 g/mol. The van der Waals surface area contributed by atoms with Crippen molar-refractivity contribution < 1.29 is 14.3 Å². The Kier molecular flexibility index (Phi) is 5.40. The summed E-state index contributed by atoms with van der Waals surface area (Å²) in [6.45, 7) is 3.08. The highest BCUT2D eigenvalue weighted by atomic mass is 16.5. The molecule has 0 heterocycles. The lowest BCUT2D eigenvalue weighted by molar-refractivity contribution is -0.135. The van der Waals surface area contributed by atoms with Crippen molar-refractivity contribution in [2.24, 2.45) is 5.41 Å². The van der Waals surface area contributed by atoms with E-state index in [-0.39, 0.29) is 0 Å². The van der Waals surface area contributed by atoms with E-state index in [1.165, 1.54) is 21.0 Å². The van der Waals surface area contributed by atoms with Crippen molar-refractivity contribution in [3.63, 3.8) is 0 Å². The van der Waals surface area contributed by atoms with E-state index in [0.29, 0.717) is 22.7 Å². The van der Waals surface area contributed by atoms with Crippen LogP contribution >= 0.6 is 0 Å². The van der Waals surface area contributed by atoms with Gasteiger partial charge >= 0.3 is 0 Å². The van der Waals surface area contributed by atoms with Gasteiger partial charge in [-0.2, -0.15) is 5.26 Å². The van der Waals surface area contributed by atoms with Crippen LogP contribution in [0.5, 0.6) is 5.75 Å². The summed E-state index contributed by atoms with van der Waals surface area (Å²) in [5, 5.41) is 14.2. The monoisotopic (exact) mass is 337 g/mol. The van der Waals surface area contributed by atoms with Crippen LogP contribution in [0.2, 0.25) is 0 Å². The number of benzene rings is 2. The smallest absolute Gasteiger partial charge is 0.239 e. The van der Waals surface area contributed by atoms with Gasteiger partial charge in [-0.3, -0.25) is 9.59 Å². The molecule has 0 aromatic heterocycles. The molecule has 2 aromatic rings. The van der Waals surface area contributed by atoms with Crippen LogP contribution in [0.25, 0.3) is 0 Å². The Balaban J connectivity index is 2.11. The molecule has 0 saturated heterocycles. The molecule has 0 aliphatic carbocycles. The first-order chi connectivity index (χ1) is 11.9. The minimum absolute atomic E-state index is 0.454. The third-order valence-electron chi connectivity index (χ3n) is 3.76. The topological polar surface area (TPSA) is 91.2 Å². The number of carbonyl (C=O) groups is 2. The highest BCUT2D eigenvalue weighted by molar-refractivity contribution is 6.14. The number of amides is 2. The minimum Gasteiger partial charge on any atom is -0.495 e. The van der Waals surface area contributed by atoms with Gasteiger partial charge in [0.1, 0.15) is 11.2 Å². The van der Waals surface area contributed by atoms with E-state index in [4.69, 9.17) is 10.00 Å². The van der Waals surface area contributed by atoms with Gasteiger partial charge in [-0.1, -0.05) is 12.1 Å². The summed E-state index contributed by atoms with van der Waals surface area (Å²) in [6.07, 6.45) is 0.